The molecule has 1 aromatic heterocycles. The lowest BCUT2D eigenvalue weighted by molar-refractivity contribution is 0.314. The van der Waals surface area contributed by atoms with Crippen LogP contribution in [0.3, 0.4) is 0 Å². The molecule has 0 bridgehead atoms. The number of rotatable bonds is 5. The van der Waals surface area contributed by atoms with Crippen molar-refractivity contribution >= 4 is 27.4 Å². The minimum Gasteiger partial charge on any atom is -0.356 e. The van der Waals surface area contributed by atoms with E-state index < -0.39 is 10.0 Å². The Kier molecular flexibility index (Phi) is 5.56. The molecular weight excluding hydrogens is 360 g/mol. The Hall–Kier alpha value is -1.70. The Balaban J connectivity index is 1.60. The van der Waals surface area contributed by atoms with Gasteiger partial charge in [-0.3, -0.25) is 0 Å². The van der Waals surface area contributed by atoms with Crippen LogP contribution in [0.5, 0.6) is 0 Å². The summed E-state index contributed by atoms with van der Waals surface area (Å²) < 4.78 is 26.9. The SMILES string of the molecule is CN(c1ccncn1)C1CCN(S(=O)(=O)Cc2ccc(Cl)cc2)CC1. The van der Waals surface area contributed by atoms with Crippen molar-refractivity contribution in [3.05, 3.63) is 53.4 Å². The van der Waals surface area contributed by atoms with Crippen molar-refractivity contribution in [3.8, 4) is 0 Å². The van der Waals surface area contributed by atoms with Crippen molar-refractivity contribution in [1.29, 1.82) is 0 Å². The Morgan fingerprint density at radius 1 is 1.20 bits per heavy atom. The molecule has 1 aromatic carbocycles. The molecule has 2 heterocycles. The molecule has 1 fully saturated rings. The molecule has 0 atom stereocenters. The first-order valence-electron chi connectivity index (χ1n) is 8.17. The van der Waals surface area contributed by atoms with Crippen LogP contribution in [0.4, 0.5) is 5.82 Å². The monoisotopic (exact) mass is 380 g/mol. The highest BCUT2D eigenvalue weighted by atomic mass is 35.5. The van der Waals surface area contributed by atoms with Crippen molar-refractivity contribution in [2.45, 2.75) is 24.6 Å². The van der Waals surface area contributed by atoms with Crippen LogP contribution < -0.4 is 4.90 Å². The van der Waals surface area contributed by atoms with E-state index in [9.17, 15) is 8.42 Å². The average Bonchev–Trinajstić information content (AvgIpc) is 2.64. The molecule has 3 rings (SSSR count). The Morgan fingerprint density at radius 2 is 1.88 bits per heavy atom. The largest absolute Gasteiger partial charge is 0.356 e. The van der Waals surface area contributed by atoms with Gasteiger partial charge in [0.25, 0.3) is 0 Å². The number of halogens is 1. The van der Waals surface area contributed by atoms with Gasteiger partial charge >= 0.3 is 0 Å². The van der Waals surface area contributed by atoms with E-state index in [2.05, 4.69) is 14.9 Å². The van der Waals surface area contributed by atoms with Crippen LogP contribution in [0, 0.1) is 0 Å². The van der Waals surface area contributed by atoms with E-state index in [0.29, 0.717) is 18.1 Å². The minimum absolute atomic E-state index is 0.0105. The first-order valence-corrected chi connectivity index (χ1v) is 10.2. The molecular formula is C17H21ClN4O2S. The second kappa shape index (κ2) is 7.68. The quantitative estimate of drug-likeness (QED) is 0.797. The highest BCUT2D eigenvalue weighted by Crippen LogP contribution is 2.23. The zero-order chi connectivity index (χ0) is 17.9. The number of piperidine rings is 1. The zero-order valence-electron chi connectivity index (χ0n) is 14.0. The molecule has 0 amide bonds. The van der Waals surface area contributed by atoms with E-state index in [0.717, 1.165) is 24.2 Å². The normalized spacial score (nSPS) is 16.7. The maximum Gasteiger partial charge on any atom is 0.218 e. The maximum absolute atomic E-state index is 12.6. The lowest BCUT2D eigenvalue weighted by atomic mass is 10.1. The predicted octanol–water partition coefficient (Wildman–Crippen LogP) is 2.56. The van der Waals surface area contributed by atoms with E-state index >= 15 is 0 Å². The second-order valence-electron chi connectivity index (χ2n) is 6.19. The average molecular weight is 381 g/mol. The first kappa shape index (κ1) is 18.1. The van der Waals surface area contributed by atoms with Crippen LogP contribution in [0.15, 0.2) is 42.9 Å². The molecule has 1 aliphatic heterocycles. The third kappa shape index (κ3) is 4.48. The maximum atomic E-state index is 12.6. The molecule has 0 saturated carbocycles. The van der Waals surface area contributed by atoms with Crippen molar-refractivity contribution < 1.29 is 8.42 Å². The molecule has 134 valence electrons. The first-order chi connectivity index (χ1) is 12.0. The lowest BCUT2D eigenvalue weighted by Crippen LogP contribution is -2.46. The molecule has 1 saturated heterocycles. The van der Waals surface area contributed by atoms with Crippen molar-refractivity contribution in [3.63, 3.8) is 0 Å². The van der Waals surface area contributed by atoms with Crippen LogP contribution in [0.25, 0.3) is 0 Å². The van der Waals surface area contributed by atoms with Crippen LogP contribution in [0.1, 0.15) is 18.4 Å². The Morgan fingerprint density at radius 3 is 2.48 bits per heavy atom. The molecule has 0 unspecified atom stereocenters. The third-order valence-corrected chi connectivity index (χ3v) is 6.66. The lowest BCUT2D eigenvalue weighted by Gasteiger charge is -2.36. The van der Waals surface area contributed by atoms with Crippen LogP contribution >= 0.6 is 11.6 Å². The van der Waals surface area contributed by atoms with Crippen LogP contribution in [-0.2, 0) is 15.8 Å². The fraction of sp³-hybridized carbons (Fsp3) is 0.412. The number of sulfonamides is 1. The second-order valence-corrected chi connectivity index (χ2v) is 8.60. The Labute approximate surface area is 153 Å². The molecule has 2 aromatic rings. The number of hydrogen-bond acceptors (Lipinski definition) is 5. The van der Waals surface area contributed by atoms with E-state index in [-0.39, 0.29) is 11.8 Å². The van der Waals surface area contributed by atoms with Gasteiger partial charge in [0.1, 0.15) is 12.1 Å². The fourth-order valence-corrected chi connectivity index (χ4v) is 4.76. The van der Waals surface area contributed by atoms with Crippen molar-refractivity contribution in [1.82, 2.24) is 14.3 Å². The van der Waals surface area contributed by atoms with Gasteiger partial charge in [0.15, 0.2) is 0 Å². The molecule has 1 aliphatic rings. The summed E-state index contributed by atoms with van der Waals surface area (Å²) in [5, 5.41) is 0.606. The van der Waals surface area contributed by atoms with Gasteiger partial charge in [0.2, 0.25) is 10.0 Å². The number of nitrogens with zero attached hydrogens (tertiary/aromatic N) is 4. The third-order valence-electron chi connectivity index (χ3n) is 4.55. The van der Waals surface area contributed by atoms with Crippen molar-refractivity contribution in [2.75, 3.05) is 25.0 Å². The number of anilines is 1. The molecule has 25 heavy (non-hydrogen) atoms. The van der Waals surface area contributed by atoms with Gasteiger partial charge in [-0.15, -0.1) is 0 Å². The number of hydrogen-bond donors (Lipinski definition) is 0. The van der Waals surface area contributed by atoms with Gasteiger partial charge < -0.3 is 4.90 Å². The fourth-order valence-electron chi connectivity index (χ4n) is 3.07. The summed E-state index contributed by atoms with van der Waals surface area (Å²) in [6, 6.07) is 9.09. The predicted molar refractivity (Wildman–Crippen MR) is 99.1 cm³/mol. The van der Waals surface area contributed by atoms with E-state index in [4.69, 9.17) is 11.6 Å². The van der Waals surface area contributed by atoms with Gasteiger partial charge in [-0.1, -0.05) is 23.7 Å². The highest BCUT2D eigenvalue weighted by Gasteiger charge is 2.30. The van der Waals surface area contributed by atoms with Gasteiger partial charge in [0, 0.05) is 37.4 Å². The summed E-state index contributed by atoms with van der Waals surface area (Å²) in [4.78, 5) is 10.3. The summed E-state index contributed by atoms with van der Waals surface area (Å²) in [6.45, 7) is 1.05. The summed E-state index contributed by atoms with van der Waals surface area (Å²) in [7, 11) is -1.33. The summed E-state index contributed by atoms with van der Waals surface area (Å²) in [6.07, 6.45) is 4.79. The smallest absolute Gasteiger partial charge is 0.218 e. The van der Waals surface area contributed by atoms with Gasteiger partial charge in [0.05, 0.1) is 5.75 Å². The molecule has 0 spiro atoms. The summed E-state index contributed by atoms with van der Waals surface area (Å²) in [5.41, 5.74) is 0.754. The molecule has 8 heteroatoms. The summed E-state index contributed by atoms with van der Waals surface area (Å²) in [5.74, 6) is 0.869. The van der Waals surface area contributed by atoms with Crippen molar-refractivity contribution in [2.24, 2.45) is 0 Å². The number of benzene rings is 1. The molecule has 6 nitrogen and oxygen atoms in total. The summed E-state index contributed by atoms with van der Waals surface area (Å²) >= 11 is 5.85. The van der Waals surface area contributed by atoms with Crippen LogP contribution in [0.2, 0.25) is 5.02 Å². The van der Waals surface area contributed by atoms with Crippen LogP contribution in [-0.4, -0.2) is 48.9 Å². The standard InChI is InChI=1S/C17H21ClN4O2S/c1-21(17-6-9-19-13-20-17)16-7-10-22(11-8-16)25(23,24)12-14-2-4-15(18)5-3-14/h2-6,9,13,16H,7-8,10-12H2,1H3. The van der Waals surface area contributed by atoms with Gasteiger partial charge in [-0.25, -0.2) is 22.7 Å². The van der Waals surface area contributed by atoms with Gasteiger partial charge in [-0.2, -0.15) is 0 Å². The molecule has 0 radical (unpaired) electrons. The number of aromatic nitrogens is 2. The Bertz CT molecular complexity index is 791. The topological polar surface area (TPSA) is 66.4 Å². The minimum atomic E-state index is -3.32. The van der Waals surface area contributed by atoms with E-state index in [1.165, 1.54) is 6.33 Å². The van der Waals surface area contributed by atoms with E-state index in [1.807, 2.05) is 13.1 Å². The highest BCUT2D eigenvalue weighted by molar-refractivity contribution is 7.88. The van der Waals surface area contributed by atoms with Gasteiger partial charge in [-0.05, 0) is 36.6 Å². The molecule has 0 N–H and O–H groups in total. The van der Waals surface area contributed by atoms with E-state index in [1.54, 1.807) is 34.8 Å². The molecule has 0 aliphatic carbocycles. The zero-order valence-corrected chi connectivity index (χ0v) is 15.6.